The van der Waals surface area contributed by atoms with Crippen molar-refractivity contribution in [1.29, 1.82) is 0 Å². The first kappa shape index (κ1) is 10.9. The second-order valence-corrected chi connectivity index (χ2v) is 4.59. The molecule has 0 saturated heterocycles. The summed E-state index contributed by atoms with van der Waals surface area (Å²) in [5.74, 6) is 0. The van der Waals surface area contributed by atoms with Gasteiger partial charge in [-0.2, -0.15) is 0 Å². The van der Waals surface area contributed by atoms with E-state index in [0.29, 0.717) is 0 Å². The van der Waals surface area contributed by atoms with E-state index in [1.807, 2.05) is 0 Å². The van der Waals surface area contributed by atoms with Gasteiger partial charge in [0.2, 0.25) is 0 Å². The zero-order valence-electron chi connectivity index (χ0n) is 9.71. The van der Waals surface area contributed by atoms with Gasteiger partial charge in [0.15, 0.2) is 0 Å². The van der Waals surface area contributed by atoms with E-state index in [2.05, 4.69) is 12.2 Å². The Bertz CT molecular complexity index is 283. The van der Waals surface area contributed by atoms with Crippen LogP contribution in [-0.4, -0.2) is 27.4 Å². The molecule has 0 aliphatic heterocycles. The summed E-state index contributed by atoms with van der Waals surface area (Å²) in [5, 5.41) is 0. The molecular formula is C13H20O2. The molecule has 0 heterocycles. The number of rotatable bonds is 4. The van der Waals surface area contributed by atoms with Crippen molar-refractivity contribution in [2.45, 2.75) is 25.7 Å². The van der Waals surface area contributed by atoms with Crippen molar-refractivity contribution < 1.29 is 9.47 Å². The summed E-state index contributed by atoms with van der Waals surface area (Å²) in [6.07, 6.45) is 9.33. The van der Waals surface area contributed by atoms with Gasteiger partial charge in [0, 0.05) is 19.6 Å². The Labute approximate surface area is 92.0 Å². The molecule has 0 saturated carbocycles. The van der Waals surface area contributed by atoms with Crippen molar-refractivity contribution in [2.75, 3.05) is 27.4 Å². The predicted molar refractivity (Wildman–Crippen MR) is 60.8 cm³/mol. The first-order valence-corrected chi connectivity index (χ1v) is 5.69. The van der Waals surface area contributed by atoms with Crippen molar-refractivity contribution in [3.8, 4) is 0 Å². The van der Waals surface area contributed by atoms with Crippen LogP contribution in [-0.2, 0) is 9.47 Å². The van der Waals surface area contributed by atoms with Crippen LogP contribution >= 0.6 is 0 Å². The van der Waals surface area contributed by atoms with E-state index in [0.717, 1.165) is 13.2 Å². The van der Waals surface area contributed by atoms with Gasteiger partial charge in [0.05, 0.1) is 13.2 Å². The fraction of sp³-hybridized carbons (Fsp3) is 0.692. The van der Waals surface area contributed by atoms with Gasteiger partial charge < -0.3 is 9.47 Å². The van der Waals surface area contributed by atoms with E-state index < -0.39 is 0 Å². The molecule has 0 N–H and O–H groups in total. The van der Waals surface area contributed by atoms with E-state index in [1.54, 1.807) is 19.8 Å². The van der Waals surface area contributed by atoms with Crippen LogP contribution in [0.5, 0.6) is 0 Å². The largest absolute Gasteiger partial charge is 0.384 e. The Balaban J connectivity index is 2.25. The lowest BCUT2D eigenvalue weighted by atomic mass is 9.79. The molecule has 0 spiro atoms. The molecule has 0 amide bonds. The number of hydrogen-bond acceptors (Lipinski definition) is 2. The minimum Gasteiger partial charge on any atom is -0.384 e. The van der Waals surface area contributed by atoms with Crippen molar-refractivity contribution >= 4 is 0 Å². The molecule has 0 aromatic rings. The molecule has 0 aromatic heterocycles. The second-order valence-electron chi connectivity index (χ2n) is 4.59. The Kier molecular flexibility index (Phi) is 3.27. The molecule has 0 atom stereocenters. The molecule has 0 bridgehead atoms. The van der Waals surface area contributed by atoms with E-state index in [-0.39, 0.29) is 5.41 Å². The summed E-state index contributed by atoms with van der Waals surface area (Å²) in [6, 6.07) is 0. The number of methoxy groups -OCH3 is 2. The molecule has 15 heavy (non-hydrogen) atoms. The number of hydrogen-bond donors (Lipinski definition) is 0. The van der Waals surface area contributed by atoms with Crippen LogP contribution < -0.4 is 0 Å². The highest BCUT2D eigenvalue weighted by Gasteiger charge is 2.40. The van der Waals surface area contributed by atoms with E-state index in [4.69, 9.17) is 9.47 Å². The normalized spacial score (nSPS) is 23.3. The smallest absolute Gasteiger partial charge is 0.0578 e. The third kappa shape index (κ3) is 1.88. The summed E-state index contributed by atoms with van der Waals surface area (Å²) in [5.41, 5.74) is 3.30. The minimum atomic E-state index is 0.170. The lowest BCUT2D eigenvalue weighted by Gasteiger charge is -2.32. The average molecular weight is 208 g/mol. The Morgan fingerprint density at radius 2 is 1.93 bits per heavy atom. The molecule has 2 aliphatic carbocycles. The first-order valence-electron chi connectivity index (χ1n) is 5.69. The van der Waals surface area contributed by atoms with Crippen molar-refractivity contribution in [1.82, 2.24) is 0 Å². The van der Waals surface area contributed by atoms with Gasteiger partial charge in [0.25, 0.3) is 0 Å². The van der Waals surface area contributed by atoms with Gasteiger partial charge in [-0.1, -0.05) is 17.7 Å². The average Bonchev–Trinajstić information content (AvgIpc) is 2.60. The van der Waals surface area contributed by atoms with Crippen LogP contribution in [0, 0.1) is 5.41 Å². The molecule has 0 aromatic carbocycles. The lowest BCUT2D eigenvalue weighted by molar-refractivity contribution is 0.0323. The van der Waals surface area contributed by atoms with Crippen molar-refractivity contribution in [3.05, 3.63) is 23.3 Å². The summed E-state index contributed by atoms with van der Waals surface area (Å²) in [6.45, 7) is 1.60. The highest BCUT2D eigenvalue weighted by Crippen LogP contribution is 2.47. The third-order valence-corrected chi connectivity index (χ3v) is 3.62. The van der Waals surface area contributed by atoms with Gasteiger partial charge in [-0.05, 0) is 31.3 Å². The zero-order valence-corrected chi connectivity index (χ0v) is 9.71. The second kappa shape index (κ2) is 4.50. The Morgan fingerprint density at radius 3 is 2.60 bits per heavy atom. The van der Waals surface area contributed by atoms with Crippen LogP contribution in [0.25, 0.3) is 0 Å². The van der Waals surface area contributed by atoms with Gasteiger partial charge in [-0.25, -0.2) is 0 Å². The Hall–Kier alpha value is -0.600. The maximum absolute atomic E-state index is 5.39. The summed E-state index contributed by atoms with van der Waals surface area (Å²) in [7, 11) is 3.57. The molecule has 0 radical (unpaired) electrons. The van der Waals surface area contributed by atoms with Crippen LogP contribution in [0.3, 0.4) is 0 Å². The minimum absolute atomic E-state index is 0.170. The molecule has 2 rings (SSSR count). The van der Waals surface area contributed by atoms with Gasteiger partial charge in [0.1, 0.15) is 0 Å². The van der Waals surface area contributed by atoms with Crippen LogP contribution in [0.2, 0.25) is 0 Å². The molecule has 0 unspecified atom stereocenters. The lowest BCUT2D eigenvalue weighted by Crippen LogP contribution is -2.31. The first-order chi connectivity index (χ1) is 7.32. The van der Waals surface area contributed by atoms with E-state index in [1.165, 1.54) is 31.3 Å². The van der Waals surface area contributed by atoms with Crippen molar-refractivity contribution in [2.24, 2.45) is 5.41 Å². The molecule has 2 aliphatic rings. The SMILES string of the molecule is COCC1(COC)CCC2=C1CCC=C2. The van der Waals surface area contributed by atoms with Crippen molar-refractivity contribution in [3.63, 3.8) is 0 Å². The molecule has 2 nitrogen and oxygen atoms in total. The number of ether oxygens (including phenoxy) is 2. The maximum atomic E-state index is 5.39. The monoisotopic (exact) mass is 208 g/mol. The molecule has 2 heteroatoms. The van der Waals surface area contributed by atoms with Gasteiger partial charge in [-0.3, -0.25) is 0 Å². The van der Waals surface area contributed by atoms with Crippen LogP contribution in [0.15, 0.2) is 23.3 Å². The fourth-order valence-corrected chi connectivity index (χ4v) is 2.99. The molecule has 84 valence electrons. The topological polar surface area (TPSA) is 18.5 Å². The molecule has 0 fully saturated rings. The summed E-state index contributed by atoms with van der Waals surface area (Å²) < 4.78 is 10.8. The predicted octanol–water partition coefficient (Wildman–Crippen LogP) is 2.71. The van der Waals surface area contributed by atoms with Gasteiger partial charge in [-0.15, -0.1) is 0 Å². The van der Waals surface area contributed by atoms with Crippen LogP contribution in [0.4, 0.5) is 0 Å². The quantitative estimate of drug-likeness (QED) is 0.707. The molecular weight excluding hydrogens is 188 g/mol. The van der Waals surface area contributed by atoms with Crippen LogP contribution in [0.1, 0.15) is 25.7 Å². The highest BCUT2D eigenvalue weighted by atomic mass is 16.5. The van der Waals surface area contributed by atoms with Gasteiger partial charge >= 0.3 is 0 Å². The summed E-state index contributed by atoms with van der Waals surface area (Å²) in [4.78, 5) is 0. The third-order valence-electron chi connectivity index (χ3n) is 3.62. The maximum Gasteiger partial charge on any atom is 0.0578 e. The van der Waals surface area contributed by atoms with E-state index >= 15 is 0 Å². The fourth-order valence-electron chi connectivity index (χ4n) is 2.99. The van der Waals surface area contributed by atoms with E-state index in [9.17, 15) is 0 Å². The standard InChI is InChI=1S/C13H20O2/c1-14-9-13(10-15-2)8-7-11-5-3-4-6-12(11)13/h3,5H,4,6-10H2,1-2H3. The highest BCUT2D eigenvalue weighted by molar-refractivity contribution is 5.38. The Morgan fingerprint density at radius 1 is 1.20 bits per heavy atom. The zero-order chi connectivity index (χ0) is 10.7. The summed E-state index contributed by atoms with van der Waals surface area (Å²) >= 11 is 0. The number of allylic oxidation sites excluding steroid dienone is 3.